The van der Waals surface area contributed by atoms with Crippen molar-refractivity contribution in [1.82, 2.24) is 0 Å². The summed E-state index contributed by atoms with van der Waals surface area (Å²) < 4.78 is 13.0. The van der Waals surface area contributed by atoms with E-state index in [2.05, 4.69) is 166 Å². The molecular formula is C47H35NO2. The van der Waals surface area contributed by atoms with Crippen LogP contribution in [0.2, 0.25) is 0 Å². The van der Waals surface area contributed by atoms with Crippen LogP contribution in [0.1, 0.15) is 43.5 Å². The van der Waals surface area contributed by atoms with E-state index in [9.17, 15) is 0 Å². The Morgan fingerprint density at radius 3 is 1.96 bits per heavy atom. The van der Waals surface area contributed by atoms with Gasteiger partial charge in [-0.1, -0.05) is 115 Å². The Morgan fingerprint density at radius 1 is 0.540 bits per heavy atom. The molecule has 1 unspecified atom stereocenters. The van der Waals surface area contributed by atoms with Gasteiger partial charge in [-0.2, -0.15) is 0 Å². The number of rotatable bonds is 6. The van der Waals surface area contributed by atoms with Crippen molar-refractivity contribution in [3.63, 3.8) is 0 Å². The lowest BCUT2D eigenvalue weighted by Gasteiger charge is -2.16. The summed E-state index contributed by atoms with van der Waals surface area (Å²) in [6.45, 7) is 6.57. The standard InChI is InChI=1S/C47H35NO2/c1-29(30(2)47(33-16-8-5-9-17-33)48-31(3)32-14-6-4-7-15-32)37-20-12-22-41-45(37)46-38(21-13-23-42(46)49-41)36-24-25-39-40-26-34-18-10-11-19-35(34)27-44(40)50-43(39)28-36/h4-28,31H,1-3H3/b30-29+,48-47+. The lowest BCUT2D eigenvalue weighted by atomic mass is 9.90. The van der Waals surface area contributed by atoms with Crippen LogP contribution in [0.15, 0.2) is 171 Å². The number of fused-ring (bicyclic) bond motifs is 7. The predicted molar refractivity (Wildman–Crippen MR) is 210 cm³/mol. The second-order valence-electron chi connectivity index (χ2n) is 13.1. The zero-order valence-electron chi connectivity index (χ0n) is 28.3. The molecule has 7 aromatic carbocycles. The summed E-state index contributed by atoms with van der Waals surface area (Å²) in [5.41, 5.74) is 12.4. The molecule has 2 heterocycles. The van der Waals surface area contributed by atoms with E-state index in [1.807, 2.05) is 6.07 Å². The summed E-state index contributed by atoms with van der Waals surface area (Å²) in [6.07, 6.45) is 0. The summed E-state index contributed by atoms with van der Waals surface area (Å²) >= 11 is 0. The van der Waals surface area contributed by atoms with Crippen LogP contribution in [-0.4, -0.2) is 5.71 Å². The lowest BCUT2D eigenvalue weighted by Crippen LogP contribution is -2.07. The molecule has 0 amide bonds. The molecule has 0 fully saturated rings. The Morgan fingerprint density at radius 2 is 1.18 bits per heavy atom. The van der Waals surface area contributed by atoms with Gasteiger partial charge >= 0.3 is 0 Å². The number of nitrogens with zero attached hydrogens (tertiary/aromatic N) is 1. The van der Waals surface area contributed by atoms with Crippen LogP contribution >= 0.6 is 0 Å². The minimum absolute atomic E-state index is 0.00198. The normalized spacial score (nSPS) is 13.5. The molecule has 240 valence electrons. The van der Waals surface area contributed by atoms with Gasteiger partial charge in [-0.15, -0.1) is 0 Å². The van der Waals surface area contributed by atoms with Crippen LogP contribution in [0.3, 0.4) is 0 Å². The van der Waals surface area contributed by atoms with Crippen LogP contribution in [-0.2, 0) is 0 Å². The average molecular weight is 646 g/mol. The molecule has 0 radical (unpaired) electrons. The maximum atomic E-state index is 6.56. The zero-order chi connectivity index (χ0) is 33.8. The number of allylic oxidation sites excluding steroid dienone is 2. The van der Waals surface area contributed by atoms with E-state index in [0.29, 0.717) is 0 Å². The van der Waals surface area contributed by atoms with Crippen molar-refractivity contribution in [3.8, 4) is 11.1 Å². The van der Waals surface area contributed by atoms with Crippen molar-refractivity contribution >= 4 is 65.9 Å². The van der Waals surface area contributed by atoms with Gasteiger partial charge in [0.1, 0.15) is 22.3 Å². The molecule has 2 aromatic heterocycles. The first-order valence-corrected chi connectivity index (χ1v) is 17.2. The van der Waals surface area contributed by atoms with Gasteiger partial charge in [0.15, 0.2) is 0 Å². The van der Waals surface area contributed by atoms with Gasteiger partial charge in [0.2, 0.25) is 0 Å². The molecule has 0 aliphatic carbocycles. The van der Waals surface area contributed by atoms with Gasteiger partial charge in [0.25, 0.3) is 0 Å². The summed E-state index contributed by atoms with van der Waals surface area (Å²) in [5, 5.41) is 6.84. The van der Waals surface area contributed by atoms with Gasteiger partial charge in [-0.3, -0.25) is 4.99 Å². The molecule has 9 rings (SSSR count). The zero-order valence-corrected chi connectivity index (χ0v) is 28.3. The topological polar surface area (TPSA) is 38.6 Å². The highest BCUT2D eigenvalue weighted by molar-refractivity contribution is 6.21. The minimum atomic E-state index is -0.00198. The molecule has 50 heavy (non-hydrogen) atoms. The van der Waals surface area contributed by atoms with Gasteiger partial charge in [-0.05, 0) is 107 Å². The highest BCUT2D eigenvalue weighted by atomic mass is 16.3. The summed E-state index contributed by atoms with van der Waals surface area (Å²) in [7, 11) is 0. The van der Waals surface area contributed by atoms with E-state index in [0.717, 1.165) is 83.0 Å². The van der Waals surface area contributed by atoms with Gasteiger partial charge in [0, 0.05) is 21.5 Å². The molecule has 9 aromatic rings. The fourth-order valence-corrected chi connectivity index (χ4v) is 7.41. The number of hydrogen-bond donors (Lipinski definition) is 0. The van der Waals surface area contributed by atoms with E-state index < -0.39 is 0 Å². The monoisotopic (exact) mass is 645 g/mol. The fourth-order valence-electron chi connectivity index (χ4n) is 7.41. The summed E-state index contributed by atoms with van der Waals surface area (Å²) in [5.74, 6) is 0. The van der Waals surface area contributed by atoms with Gasteiger partial charge in [-0.25, -0.2) is 0 Å². The Kier molecular flexibility index (Phi) is 7.21. The number of hydrogen-bond acceptors (Lipinski definition) is 3. The largest absolute Gasteiger partial charge is 0.456 e. The van der Waals surface area contributed by atoms with E-state index in [4.69, 9.17) is 13.8 Å². The van der Waals surface area contributed by atoms with E-state index in [1.165, 1.54) is 16.3 Å². The summed E-state index contributed by atoms with van der Waals surface area (Å²) in [4.78, 5) is 5.35. The maximum absolute atomic E-state index is 6.56. The van der Waals surface area contributed by atoms with E-state index in [1.54, 1.807) is 0 Å². The third-order valence-electron chi connectivity index (χ3n) is 10.1. The van der Waals surface area contributed by atoms with Crippen molar-refractivity contribution in [2.24, 2.45) is 4.99 Å². The predicted octanol–water partition coefficient (Wildman–Crippen LogP) is 13.3. The van der Waals surface area contributed by atoms with E-state index >= 15 is 0 Å². The van der Waals surface area contributed by atoms with Crippen LogP contribution in [0, 0.1) is 0 Å². The number of benzene rings is 7. The molecule has 0 saturated heterocycles. The van der Waals surface area contributed by atoms with Crippen molar-refractivity contribution in [2.45, 2.75) is 26.8 Å². The van der Waals surface area contributed by atoms with Gasteiger partial charge < -0.3 is 8.83 Å². The molecule has 0 saturated carbocycles. The van der Waals surface area contributed by atoms with Crippen LogP contribution in [0.25, 0.3) is 71.3 Å². The van der Waals surface area contributed by atoms with E-state index in [-0.39, 0.29) is 6.04 Å². The first-order valence-electron chi connectivity index (χ1n) is 17.2. The van der Waals surface area contributed by atoms with Crippen LogP contribution in [0.5, 0.6) is 0 Å². The average Bonchev–Trinajstić information content (AvgIpc) is 3.73. The third-order valence-corrected chi connectivity index (χ3v) is 10.1. The molecule has 0 N–H and O–H groups in total. The second-order valence-corrected chi connectivity index (χ2v) is 13.1. The van der Waals surface area contributed by atoms with Crippen molar-refractivity contribution in [3.05, 3.63) is 174 Å². The Labute approximate surface area is 290 Å². The third kappa shape index (κ3) is 5.02. The highest BCUT2D eigenvalue weighted by Gasteiger charge is 2.20. The Balaban J connectivity index is 1.22. The molecule has 0 spiro atoms. The molecule has 0 aliphatic heterocycles. The molecule has 1 atom stereocenters. The first-order chi connectivity index (χ1) is 24.5. The maximum Gasteiger partial charge on any atom is 0.136 e. The minimum Gasteiger partial charge on any atom is -0.456 e. The molecule has 3 nitrogen and oxygen atoms in total. The summed E-state index contributed by atoms with van der Waals surface area (Å²) in [6, 6.07) is 53.1. The molecular weight excluding hydrogens is 611 g/mol. The molecule has 0 bridgehead atoms. The SMILES string of the molecule is CC(/C(=N\C(C)c1ccccc1)c1ccccc1)=C(/C)c1cccc2oc3cccc(-c4ccc5c(c4)oc4cc6ccccc6cc45)c3c12. The number of aliphatic imine (C=N–C) groups is 1. The quantitative estimate of drug-likeness (QED) is 0.169. The van der Waals surface area contributed by atoms with Crippen molar-refractivity contribution in [1.29, 1.82) is 0 Å². The smallest absolute Gasteiger partial charge is 0.136 e. The van der Waals surface area contributed by atoms with Crippen molar-refractivity contribution in [2.75, 3.05) is 0 Å². The fraction of sp³-hybridized carbons (Fsp3) is 0.0851. The second kappa shape index (κ2) is 12.0. The number of furan rings is 2. The van der Waals surface area contributed by atoms with Crippen molar-refractivity contribution < 1.29 is 8.83 Å². The van der Waals surface area contributed by atoms with Crippen LogP contribution < -0.4 is 0 Å². The molecule has 0 aliphatic rings. The Hall–Kier alpha value is -6.19. The molecule has 3 heteroatoms. The highest BCUT2D eigenvalue weighted by Crippen LogP contribution is 2.42. The Bertz CT molecular complexity index is 2780. The van der Waals surface area contributed by atoms with Crippen LogP contribution in [0.4, 0.5) is 0 Å². The lowest BCUT2D eigenvalue weighted by molar-refractivity contribution is 0.668. The van der Waals surface area contributed by atoms with Gasteiger partial charge in [0.05, 0.1) is 11.8 Å². The first kappa shape index (κ1) is 29.9.